The Hall–Kier alpha value is -2.67. The van der Waals surface area contributed by atoms with E-state index in [-0.39, 0.29) is 11.8 Å². The van der Waals surface area contributed by atoms with Crippen molar-refractivity contribution in [1.29, 1.82) is 0 Å². The number of carbonyl (C=O) groups is 4. The molecule has 3 amide bonds. The van der Waals surface area contributed by atoms with E-state index in [1.165, 1.54) is 0 Å². The molecule has 1 fully saturated rings. The Kier molecular flexibility index (Phi) is 5.37. The molecule has 2 aliphatic rings. The number of rotatable bonds is 5. The number of ether oxygens (including phenoxy) is 1. The molecule has 1 saturated heterocycles. The number of hydrogen-bond donors (Lipinski definition) is 1. The summed E-state index contributed by atoms with van der Waals surface area (Å²) >= 11 is 5.93. The van der Waals surface area contributed by atoms with Crippen molar-refractivity contribution in [1.82, 2.24) is 4.90 Å². The van der Waals surface area contributed by atoms with Gasteiger partial charge >= 0.3 is 5.97 Å². The number of anilines is 1. The Balaban J connectivity index is 1.50. The van der Waals surface area contributed by atoms with Gasteiger partial charge in [0.15, 0.2) is 6.61 Å². The maximum atomic E-state index is 12.3. The quantitative estimate of drug-likeness (QED) is 0.480. The summed E-state index contributed by atoms with van der Waals surface area (Å²) in [6.45, 7) is -1.02. The molecule has 0 aromatic heterocycles. The summed E-state index contributed by atoms with van der Waals surface area (Å²) < 4.78 is 4.87. The lowest BCUT2D eigenvalue weighted by Gasteiger charge is -2.14. The third kappa shape index (κ3) is 3.77. The van der Waals surface area contributed by atoms with Gasteiger partial charge in [0, 0.05) is 0 Å². The minimum absolute atomic E-state index is 0.358. The summed E-state index contributed by atoms with van der Waals surface area (Å²) in [5.74, 6) is -2.90. The van der Waals surface area contributed by atoms with Gasteiger partial charge in [-0.15, -0.1) is 0 Å². The molecular formula is C18H17ClN2O5. The number of amides is 3. The minimum Gasteiger partial charge on any atom is -0.454 e. The molecule has 136 valence electrons. The summed E-state index contributed by atoms with van der Waals surface area (Å²) in [6, 6.07) is 6.64. The average Bonchev–Trinajstić information content (AvgIpc) is 2.87. The molecule has 7 nitrogen and oxygen atoms in total. The molecular weight excluding hydrogens is 360 g/mol. The highest BCUT2D eigenvalue weighted by Crippen LogP contribution is 2.34. The fourth-order valence-electron chi connectivity index (χ4n) is 3.09. The number of likely N-dealkylation sites (tertiary alicyclic amines) is 1. The van der Waals surface area contributed by atoms with Crippen molar-refractivity contribution < 1.29 is 23.9 Å². The number of carbonyl (C=O) groups excluding carboxylic acids is 4. The summed E-state index contributed by atoms with van der Waals surface area (Å²) in [4.78, 5) is 49.2. The number of benzene rings is 1. The van der Waals surface area contributed by atoms with E-state index < -0.39 is 36.9 Å². The highest BCUT2D eigenvalue weighted by molar-refractivity contribution is 6.33. The lowest BCUT2D eigenvalue weighted by Crippen LogP contribution is -2.37. The molecule has 8 heteroatoms. The van der Waals surface area contributed by atoms with Gasteiger partial charge in [-0.2, -0.15) is 0 Å². The van der Waals surface area contributed by atoms with Crippen molar-refractivity contribution in [2.75, 3.05) is 18.5 Å². The van der Waals surface area contributed by atoms with Crippen LogP contribution in [0.5, 0.6) is 0 Å². The molecule has 1 aromatic carbocycles. The average molecular weight is 377 g/mol. The van der Waals surface area contributed by atoms with Crippen LogP contribution >= 0.6 is 11.6 Å². The highest BCUT2D eigenvalue weighted by Gasteiger charge is 2.47. The van der Waals surface area contributed by atoms with E-state index in [0.717, 1.165) is 4.90 Å². The molecule has 1 aromatic rings. The number of allylic oxidation sites excluding steroid dienone is 2. The second kappa shape index (κ2) is 7.70. The van der Waals surface area contributed by atoms with Crippen LogP contribution in [-0.4, -0.2) is 41.7 Å². The summed E-state index contributed by atoms with van der Waals surface area (Å²) in [5.41, 5.74) is 0.400. The summed E-state index contributed by atoms with van der Waals surface area (Å²) in [7, 11) is 0. The van der Waals surface area contributed by atoms with E-state index in [1.54, 1.807) is 24.3 Å². The molecule has 0 radical (unpaired) electrons. The molecule has 0 spiro atoms. The third-order valence-corrected chi connectivity index (χ3v) is 4.73. The predicted molar refractivity (Wildman–Crippen MR) is 93.1 cm³/mol. The number of para-hydroxylation sites is 1. The maximum Gasteiger partial charge on any atom is 0.326 e. The van der Waals surface area contributed by atoms with Gasteiger partial charge in [0.25, 0.3) is 5.91 Å². The number of esters is 1. The Labute approximate surface area is 154 Å². The number of halogens is 1. The van der Waals surface area contributed by atoms with Crippen molar-refractivity contribution in [3.63, 3.8) is 0 Å². The van der Waals surface area contributed by atoms with Crippen molar-refractivity contribution in [3.05, 3.63) is 41.4 Å². The Morgan fingerprint density at radius 1 is 1.12 bits per heavy atom. The molecule has 1 aliphatic heterocycles. The first kappa shape index (κ1) is 18.1. The van der Waals surface area contributed by atoms with Gasteiger partial charge in [-0.3, -0.25) is 24.1 Å². The van der Waals surface area contributed by atoms with Gasteiger partial charge in [-0.25, -0.2) is 0 Å². The summed E-state index contributed by atoms with van der Waals surface area (Å²) in [5, 5.41) is 2.87. The number of hydrogen-bond acceptors (Lipinski definition) is 5. The normalized spacial score (nSPS) is 21.5. The molecule has 2 atom stereocenters. The van der Waals surface area contributed by atoms with Gasteiger partial charge in [-0.05, 0) is 25.0 Å². The zero-order valence-electron chi connectivity index (χ0n) is 13.8. The van der Waals surface area contributed by atoms with Gasteiger partial charge in [0.2, 0.25) is 11.8 Å². The number of nitrogens with zero attached hydrogens (tertiary/aromatic N) is 1. The van der Waals surface area contributed by atoms with Gasteiger partial charge in [0.1, 0.15) is 6.54 Å². The van der Waals surface area contributed by atoms with Gasteiger partial charge in [-0.1, -0.05) is 35.9 Å². The van der Waals surface area contributed by atoms with Crippen molar-refractivity contribution >= 4 is 41.0 Å². The van der Waals surface area contributed by atoms with Crippen LogP contribution in [-0.2, 0) is 23.9 Å². The molecule has 0 unspecified atom stereocenters. The van der Waals surface area contributed by atoms with Crippen LogP contribution in [0.3, 0.4) is 0 Å². The first-order chi connectivity index (χ1) is 12.5. The van der Waals surface area contributed by atoms with Crippen LogP contribution in [0.15, 0.2) is 36.4 Å². The second-order valence-electron chi connectivity index (χ2n) is 6.11. The van der Waals surface area contributed by atoms with E-state index in [0.29, 0.717) is 23.6 Å². The van der Waals surface area contributed by atoms with Crippen LogP contribution in [0, 0.1) is 11.8 Å². The van der Waals surface area contributed by atoms with E-state index in [9.17, 15) is 19.2 Å². The van der Waals surface area contributed by atoms with E-state index in [1.807, 2.05) is 12.2 Å². The standard InChI is InChI=1S/C18H17ClN2O5/c19-13-7-3-4-8-14(13)20-15(22)10-26-16(23)9-21-17(24)11-5-1-2-6-12(11)18(21)25/h1-4,7-8,11-12H,5-6,9-10H2,(H,20,22)/t11-,12+. The fourth-order valence-corrected chi connectivity index (χ4v) is 3.28. The van der Waals surface area contributed by atoms with Crippen LogP contribution in [0.25, 0.3) is 0 Å². The first-order valence-corrected chi connectivity index (χ1v) is 8.55. The molecule has 1 N–H and O–H groups in total. The minimum atomic E-state index is -0.812. The Morgan fingerprint density at radius 3 is 2.35 bits per heavy atom. The number of fused-ring (bicyclic) bond motifs is 1. The number of nitrogens with one attached hydrogen (secondary N) is 1. The highest BCUT2D eigenvalue weighted by atomic mass is 35.5. The lowest BCUT2D eigenvalue weighted by atomic mass is 9.85. The van der Waals surface area contributed by atoms with Crippen molar-refractivity contribution in [3.8, 4) is 0 Å². The SMILES string of the molecule is O=C(COC(=O)CN1C(=O)[C@H]2CC=CC[C@H]2C1=O)Nc1ccccc1Cl. The van der Waals surface area contributed by atoms with Crippen LogP contribution in [0.1, 0.15) is 12.8 Å². The van der Waals surface area contributed by atoms with E-state index in [4.69, 9.17) is 16.3 Å². The zero-order valence-corrected chi connectivity index (χ0v) is 14.6. The smallest absolute Gasteiger partial charge is 0.326 e. The predicted octanol–water partition coefficient (Wildman–Crippen LogP) is 1.77. The maximum absolute atomic E-state index is 12.3. The summed E-state index contributed by atoms with van der Waals surface area (Å²) in [6.07, 6.45) is 4.74. The fraction of sp³-hybridized carbons (Fsp3) is 0.333. The monoisotopic (exact) mass is 376 g/mol. The van der Waals surface area contributed by atoms with Crippen molar-refractivity contribution in [2.24, 2.45) is 11.8 Å². The van der Waals surface area contributed by atoms with Crippen LogP contribution < -0.4 is 5.32 Å². The Bertz CT molecular complexity index is 766. The molecule has 1 heterocycles. The van der Waals surface area contributed by atoms with Crippen LogP contribution in [0.4, 0.5) is 5.69 Å². The third-order valence-electron chi connectivity index (χ3n) is 4.40. The van der Waals surface area contributed by atoms with E-state index >= 15 is 0 Å². The number of imide groups is 1. The molecule has 0 saturated carbocycles. The topological polar surface area (TPSA) is 92.8 Å². The van der Waals surface area contributed by atoms with Gasteiger partial charge in [0.05, 0.1) is 22.5 Å². The van der Waals surface area contributed by atoms with E-state index in [2.05, 4.69) is 5.32 Å². The zero-order chi connectivity index (χ0) is 18.7. The van der Waals surface area contributed by atoms with Crippen molar-refractivity contribution in [2.45, 2.75) is 12.8 Å². The molecule has 1 aliphatic carbocycles. The molecule has 3 rings (SSSR count). The molecule has 0 bridgehead atoms. The lowest BCUT2D eigenvalue weighted by molar-refractivity contribution is -0.154. The second-order valence-corrected chi connectivity index (χ2v) is 6.51. The van der Waals surface area contributed by atoms with Gasteiger partial charge < -0.3 is 10.1 Å². The first-order valence-electron chi connectivity index (χ1n) is 8.17. The molecule has 26 heavy (non-hydrogen) atoms. The largest absolute Gasteiger partial charge is 0.454 e. The van der Waals surface area contributed by atoms with Crippen LogP contribution in [0.2, 0.25) is 5.02 Å². The Morgan fingerprint density at radius 2 is 1.73 bits per heavy atom.